The summed E-state index contributed by atoms with van der Waals surface area (Å²) in [6.07, 6.45) is 2.06. The van der Waals surface area contributed by atoms with Crippen molar-refractivity contribution >= 4 is 5.97 Å². The van der Waals surface area contributed by atoms with Crippen LogP contribution in [0.3, 0.4) is 0 Å². The van der Waals surface area contributed by atoms with E-state index in [1.54, 1.807) is 0 Å². The summed E-state index contributed by atoms with van der Waals surface area (Å²) < 4.78 is 5.24. The maximum Gasteiger partial charge on any atom is 0.324 e. The first-order valence-corrected chi connectivity index (χ1v) is 5.47. The average molecular weight is 214 g/mol. The van der Waals surface area contributed by atoms with Gasteiger partial charge in [-0.3, -0.25) is 9.69 Å². The molecule has 2 aliphatic rings. The molecule has 0 aromatic heterocycles. The van der Waals surface area contributed by atoms with Crippen molar-refractivity contribution in [2.45, 2.75) is 30.8 Å². The minimum Gasteiger partial charge on any atom is -0.480 e. The molecule has 3 N–H and O–H groups in total. The molecule has 1 unspecified atom stereocenters. The number of rotatable bonds is 2. The van der Waals surface area contributed by atoms with E-state index in [4.69, 9.17) is 10.5 Å². The number of carboxylic acids is 1. The third-order valence-electron chi connectivity index (χ3n) is 3.55. The molecule has 5 nitrogen and oxygen atoms in total. The number of hydrogen-bond acceptors (Lipinski definition) is 4. The van der Waals surface area contributed by atoms with E-state index >= 15 is 0 Å². The lowest BCUT2D eigenvalue weighted by Gasteiger charge is -2.40. The second-order valence-corrected chi connectivity index (χ2v) is 4.44. The Morgan fingerprint density at radius 2 is 2.13 bits per heavy atom. The van der Waals surface area contributed by atoms with Gasteiger partial charge >= 0.3 is 5.97 Å². The highest BCUT2D eigenvalue weighted by Gasteiger charge is 2.47. The molecule has 0 aliphatic carbocycles. The maximum absolute atomic E-state index is 11.4. The van der Waals surface area contributed by atoms with Crippen LogP contribution >= 0.6 is 0 Å². The number of likely N-dealkylation sites (tertiary alicyclic amines) is 1. The lowest BCUT2D eigenvalue weighted by Crippen LogP contribution is -2.57. The van der Waals surface area contributed by atoms with Crippen molar-refractivity contribution in [3.8, 4) is 0 Å². The van der Waals surface area contributed by atoms with Gasteiger partial charge in [0.15, 0.2) is 0 Å². The molecular weight excluding hydrogens is 196 g/mol. The van der Waals surface area contributed by atoms with Gasteiger partial charge in [0.2, 0.25) is 0 Å². The predicted octanol–water partition coefficient (Wildman–Crippen LogP) is -0.347. The van der Waals surface area contributed by atoms with Crippen LogP contribution in [-0.4, -0.2) is 53.9 Å². The normalized spacial score (nSPS) is 31.7. The van der Waals surface area contributed by atoms with Gasteiger partial charge in [0, 0.05) is 32.3 Å². The molecule has 2 saturated heterocycles. The molecule has 0 saturated carbocycles. The van der Waals surface area contributed by atoms with E-state index in [0.717, 1.165) is 13.0 Å². The van der Waals surface area contributed by atoms with Gasteiger partial charge in [-0.1, -0.05) is 0 Å². The average Bonchev–Trinajstić information content (AvgIpc) is 2.66. The lowest BCUT2D eigenvalue weighted by atomic mass is 9.88. The van der Waals surface area contributed by atoms with Crippen molar-refractivity contribution < 1.29 is 14.6 Å². The summed E-state index contributed by atoms with van der Waals surface area (Å²) in [7, 11) is 0. The Kier molecular flexibility index (Phi) is 2.95. The molecule has 0 amide bonds. The van der Waals surface area contributed by atoms with Crippen molar-refractivity contribution in [3.05, 3.63) is 0 Å². The van der Waals surface area contributed by atoms with E-state index in [9.17, 15) is 9.90 Å². The Morgan fingerprint density at radius 1 is 1.47 bits per heavy atom. The molecule has 0 bridgehead atoms. The quantitative estimate of drug-likeness (QED) is 0.657. The number of ether oxygens (including phenoxy) is 1. The van der Waals surface area contributed by atoms with Gasteiger partial charge in [-0.15, -0.1) is 0 Å². The van der Waals surface area contributed by atoms with Gasteiger partial charge in [-0.2, -0.15) is 0 Å². The van der Waals surface area contributed by atoms with E-state index in [2.05, 4.69) is 0 Å². The number of nitrogens with zero attached hydrogens (tertiary/aromatic N) is 1. The Bertz CT molecular complexity index is 251. The van der Waals surface area contributed by atoms with Gasteiger partial charge in [-0.25, -0.2) is 0 Å². The summed E-state index contributed by atoms with van der Waals surface area (Å²) in [5, 5.41) is 9.40. The van der Waals surface area contributed by atoms with E-state index < -0.39 is 11.5 Å². The summed E-state index contributed by atoms with van der Waals surface area (Å²) in [6.45, 7) is 2.58. The van der Waals surface area contributed by atoms with Gasteiger partial charge in [-0.05, 0) is 19.3 Å². The standard InChI is InChI=1S/C10H18N2O3/c11-8-1-4-12(7-8)10(9(13)14)2-5-15-6-3-10/h8H,1-7,11H2,(H,13,14). The van der Waals surface area contributed by atoms with Gasteiger partial charge in [0.05, 0.1) is 0 Å². The van der Waals surface area contributed by atoms with Crippen LogP contribution in [0, 0.1) is 0 Å². The molecular formula is C10H18N2O3. The molecule has 2 rings (SSSR count). The zero-order valence-corrected chi connectivity index (χ0v) is 8.82. The van der Waals surface area contributed by atoms with Gasteiger partial charge < -0.3 is 15.6 Å². The van der Waals surface area contributed by atoms with Crippen LogP contribution in [0.5, 0.6) is 0 Å². The molecule has 2 heterocycles. The van der Waals surface area contributed by atoms with Crippen LogP contribution in [0.1, 0.15) is 19.3 Å². The molecule has 15 heavy (non-hydrogen) atoms. The summed E-state index contributed by atoms with van der Waals surface area (Å²) >= 11 is 0. The molecule has 2 aliphatic heterocycles. The predicted molar refractivity (Wildman–Crippen MR) is 54.6 cm³/mol. The Morgan fingerprint density at radius 3 is 2.60 bits per heavy atom. The maximum atomic E-state index is 11.4. The number of carboxylic acid groups (broad SMARTS) is 1. The summed E-state index contributed by atoms with van der Waals surface area (Å²) in [4.78, 5) is 13.5. The first-order chi connectivity index (χ1) is 7.15. The van der Waals surface area contributed by atoms with Crippen molar-refractivity contribution in [1.82, 2.24) is 4.90 Å². The van der Waals surface area contributed by atoms with Crippen LogP contribution in [-0.2, 0) is 9.53 Å². The van der Waals surface area contributed by atoms with Crippen LogP contribution in [0.15, 0.2) is 0 Å². The Balaban J connectivity index is 2.14. The first-order valence-electron chi connectivity index (χ1n) is 5.47. The van der Waals surface area contributed by atoms with Crippen molar-refractivity contribution in [2.24, 2.45) is 5.73 Å². The highest BCUT2D eigenvalue weighted by molar-refractivity contribution is 5.79. The zero-order valence-electron chi connectivity index (χ0n) is 8.82. The van der Waals surface area contributed by atoms with E-state index in [1.807, 2.05) is 4.90 Å². The van der Waals surface area contributed by atoms with Crippen LogP contribution in [0.2, 0.25) is 0 Å². The summed E-state index contributed by atoms with van der Waals surface area (Å²) in [5.74, 6) is -0.722. The Labute approximate surface area is 89.2 Å². The largest absolute Gasteiger partial charge is 0.480 e. The topological polar surface area (TPSA) is 75.8 Å². The number of aliphatic carboxylic acids is 1. The highest BCUT2D eigenvalue weighted by Crippen LogP contribution is 2.31. The fourth-order valence-corrected chi connectivity index (χ4v) is 2.55. The van der Waals surface area contributed by atoms with Crippen molar-refractivity contribution in [1.29, 1.82) is 0 Å². The minimum atomic E-state index is -0.722. The minimum absolute atomic E-state index is 0.129. The number of nitrogens with two attached hydrogens (primary N) is 1. The number of hydrogen-bond donors (Lipinski definition) is 2. The highest BCUT2D eigenvalue weighted by atomic mass is 16.5. The second kappa shape index (κ2) is 4.08. The van der Waals surface area contributed by atoms with E-state index in [1.165, 1.54) is 0 Å². The second-order valence-electron chi connectivity index (χ2n) is 4.44. The third-order valence-corrected chi connectivity index (χ3v) is 3.55. The summed E-state index contributed by atoms with van der Waals surface area (Å²) in [5.41, 5.74) is 5.11. The zero-order chi connectivity index (χ0) is 10.9. The fraction of sp³-hybridized carbons (Fsp3) is 0.900. The SMILES string of the molecule is NC1CCN(C2(C(=O)O)CCOCC2)C1. The smallest absolute Gasteiger partial charge is 0.324 e. The van der Waals surface area contributed by atoms with Gasteiger partial charge in [0.25, 0.3) is 0 Å². The van der Waals surface area contributed by atoms with Crippen LogP contribution in [0.4, 0.5) is 0 Å². The van der Waals surface area contributed by atoms with Crippen LogP contribution in [0.25, 0.3) is 0 Å². The van der Waals surface area contributed by atoms with E-state index in [0.29, 0.717) is 32.6 Å². The number of carbonyl (C=O) groups is 1. The van der Waals surface area contributed by atoms with E-state index in [-0.39, 0.29) is 6.04 Å². The Hall–Kier alpha value is -0.650. The van der Waals surface area contributed by atoms with Crippen LogP contribution < -0.4 is 5.73 Å². The monoisotopic (exact) mass is 214 g/mol. The fourth-order valence-electron chi connectivity index (χ4n) is 2.55. The first kappa shape index (κ1) is 10.9. The summed E-state index contributed by atoms with van der Waals surface area (Å²) in [6, 6.07) is 0.129. The molecule has 0 radical (unpaired) electrons. The van der Waals surface area contributed by atoms with Crippen molar-refractivity contribution in [2.75, 3.05) is 26.3 Å². The molecule has 0 aromatic carbocycles. The van der Waals surface area contributed by atoms with Gasteiger partial charge in [0.1, 0.15) is 5.54 Å². The lowest BCUT2D eigenvalue weighted by molar-refractivity contribution is -0.157. The third kappa shape index (κ3) is 1.87. The molecule has 86 valence electrons. The molecule has 2 fully saturated rings. The van der Waals surface area contributed by atoms with Crippen molar-refractivity contribution in [3.63, 3.8) is 0 Å². The molecule has 0 spiro atoms. The molecule has 5 heteroatoms. The molecule has 0 aromatic rings. The molecule has 1 atom stereocenters.